The van der Waals surface area contributed by atoms with E-state index in [2.05, 4.69) is 10.6 Å². The molecule has 31 heavy (non-hydrogen) atoms. The molecule has 1 aliphatic rings. The molecule has 10 heteroatoms. The maximum atomic E-state index is 12.5. The zero-order valence-corrected chi connectivity index (χ0v) is 17.3. The van der Waals surface area contributed by atoms with Gasteiger partial charge in [0, 0.05) is 55.6 Å². The van der Waals surface area contributed by atoms with Crippen molar-refractivity contribution in [2.24, 2.45) is 5.92 Å². The lowest BCUT2D eigenvalue weighted by atomic mass is 10.1. The third-order valence-corrected chi connectivity index (χ3v) is 5.01. The highest BCUT2D eigenvalue weighted by molar-refractivity contribution is 6.00. The minimum Gasteiger partial charge on any atom is -0.493 e. The maximum Gasteiger partial charge on any atom is 0.269 e. The predicted octanol–water partition coefficient (Wildman–Crippen LogP) is 2.19. The van der Waals surface area contributed by atoms with Gasteiger partial charge in [-0.05, 0) is 24.3 Å². The lowest BCUT2D eigenvalue weighted by Crippen LogP contribution is -2.35. The van der Waals surface area contributed by atoms with Crippen molar-refractivity contribution in [1.82, 2.24) is 5.32 Å². The second-order valence-electron chi connectivity index (χ2n) is 6.97. The van der Waals surface area contributed by atoms with Crippen molar-refractivity contribution in [1.29, 1.82) is 0 Å². The molecule has 2 aromatic rings. The van der Waals surface area contributed by atoms with Gasteiger partial charge in [0.25, 0.3) is 5.69 Å². The van der Waals surface area contributed by atoms with E-state index in [1.807, 2.05) is 0 Å². The van der Waals surface area contributed by atoms with Crippen molar-refractivity contribution in [3.63, 3.8) is 0 Å². The first-order chi connectivity index (χ1) is 14.9. The number of nitro benzene ring substituents is 1. The number of hydrogen-bond donors (Lipinski definition) is 2. The summed E-state index contributed by atoms with van der Waals surface area (Å²) in [4.78, 5) is 36.7. The molecule has 3 rings (SSSR count). The molecule has 164 valence electrons. The summed E-state index contributed by atoms with van der Waals surface area (Å²) < 4.78 is 10.5. The number of amides is 2. The van der Waals surface area contributed by atoms with Crippen LogP contribution >= 0.6 is 0 Å². The number of nitrogens with zero attached hydrogens (tertiary/aromatic N) is 2. The average Bonchev–Trinajstić information content (AvgIpc) is 3.18. The summed E-state index contributed by atoms with van der Waals surface area (Å²) in [5.41, 5.74) is 1.39. The van der Waals surface area contributed by atoms with Crippen LogP contribution in [0.2, 0.25) is 0 Å². The van der Waals surface area contributed by atoms with Crippen LogP contribution < -0.4 is 25.0 Å². The van der Waals surface area contributed by atoms with Gasteiger partial charge in [-0.1, -0.05) is 0 Å². The Bertz CT molecular complexity index is 963. The van der Waals surface area contributed by atoms with E-state index in [0.29, 0.717) is 30.3 Å². The summed E-state index contributed by atoms with van der Waals surface area (Å²) in [5, 5.41) is 16.6. The van der Waals surface area contributed by atoms with Gasteiger partial charge in [-0.3, -0.25) is 19.7 Å². The van der Waals surface area contributed by atoms with Crippen LogP contribution in [0.4, 0.5) is 17.1 Å². The predicted molar refractivity (Wildman–Crippen MR) is 115 cm³/mol. The highest BCUT2D eigenvalue weighted by Crippen LogP contribution is 2.34. The summed E-state index contributed by atoms with van der Waals surface area (Å²) in [5.74, 6) is 0.309. The smallest absolute Gasteiger partial charge is 0.269 e. The largest absolute Gasteiger partial charge is 0.493 e. The van der Waals surface area contributed by atoms with Crippen molar-refractivity contribution in [3.8, 4) is 11.5 Å². The van der Waals surface area contributed by atoms with Crippen molar-refractivity contribution in [2.45, 2.75) is 6.42 Å². The number of ether oxygens (including phenoxy) is 2. The van der Waals surface area contributed by atoms with E-state index >= 15 is 0 Å². The Labute approximate surface area is 179 Å². The van der Waals surface area contributed by atoms with Crippen LogP contribution in [-0.2, 0) is 9.59 Å². The zero-order chi connectivity index (χ0) is 22.4. The lowest BCUT2D eigenvalue weighted by molar-refractivity contribution is -0.384. The standard InChI is InChI=1S/C21H24N4O6/c1-30-18-8-7-17(12-19(18)31-2)24-13-14(11-20(24)26)21(27)23-10-9-22-15-3-5-16(6-4-15)25(28)29/h3-8,12,14,22H,9-11,13H2,1-2H3,(H,23,27). The van der Waals surface area contributed by atoms with Crippen LogP contribution in [0.5, 0.6) is 11.5 Å². The monoisotopic (exact) mass is 428 g/mol. The number of non-ortho nitro benzene ring substituents is 1. The SMILES string of the molecule is COc1ccc(N2CC(C(=O)NCCNc3ccc([N+](=O)[O-])cc3)CC2=O)cc1OC. The minimum absolute atomic E-state index is 0.0174. The molecule has 0 bridgehead atoms. The number of rotatable bonds is 9. The zero-order valence-electron chi connectivity index (χ0n) is 17.3. The number of hydrogen-bond acceptors (Lipinski definition) is 7. The van der Waals surface area contributed by atoms with E-state index in [-0.39, 0.29) is 30.5 Å². The first kappa shape index (κ1) is 21.9. The van der Waals surface area contributed by atoms with E-state index in [4.69, 9.17) is 9.47 Å². The van der Waals surface area contributed by atoms with E-state index in [1.165, 1.54) is 26.4 Å². The van der Waals surface area contributed by atoms with Gasteiger partial charge in [0.05, 0.1) is 25.1 Å². The fraction of sp³-hybridized carbons (Fsp3) is 0.333. The number of benzene rings is 2. The highest BCUT2D eigenvalue weighted by atomic mass is 16.6. The second kappa shape index (κ2) is 9.79. The molecule has 0 aliphatic carbocycles. The lowest BCUT2D eigenvalue weighted by Gasteiger charge is -2.18. The van der Waals surface area contributed by atoms with Gasteiger partial charge in [-0.2, -0.15) is 0 Å². The summed E-state index contributed by atoms with van der Waals surface area (Å²) in [6.45, 7) is 1.09. The van der Waals surface area contributed by atoms with Crippen LogP contribution in [0, 0.1) is 16.0 Å². The minimum atomic E-state index is -0.460. The molecule has 0 radical (unpaired) electrons. The summed E-state index contributed by atoms with van der Waals surface area (Å²) in [6, 6.07) is 11.2. The Morgan fingerprint density at radius 2 is 1.84 bits per heavy atom. The van der Waals surface area contributed by atoms with Crippen LogP contribution in [0.3, 0.4) is 0 Å². The number of carbonyl (C=O) groups excluding carboxylic acids is 2. The molecule has 0 aromatic heterocycles. The Balaban J connectivity index is 1.49. The van der Waals surface area contributed by atoms with Gasteiger partial charge in [0.1, 0.15) is 0 Å². The number of nitrogens with one attached hydrogen (secondary N) is 2. The summed E-state index contributed by atoms with van der Waals surface area (Å²) in [7, 11) is 3.06. The molecule has 1 saturated heterocycles. The third-order valence-electron chi connectivity index (χ3n) is 5.01. The van der Waals surface area contributed by atoms with Crippen molar-refractivity contribution >= 4 is 28.9 Å². The van der Waals surface area contributed by atoms with Gasteiger partial charge in [0.2, 0.25) is 11.8 Å². The molecule has 0 spiro atoms. The Morgan fingerprint density at radius 1 is 1.13 bits per heavy atom. The van der Waals surface area contributed by atoms with Crippen LogP contribution in [0.1, 0.15) is 6.42 Å². The number of carbonyl (C=O) groups is 2. The topological polar surface area (TPSA) is 123 Å². The molecule has 2 amide bonds. The quantitative estimate of drug-likeness (QED) is 0.356. The van der Waals surface area contributed by atoms with E-state index in [9.17, 15) is 19.7 Å². The van der Waals surface area contributed by atoms with E-state index in [1.54, 1.807) is 35.2 Å². The molecule has 0 saturated carbocycles. The van der Waals surface area contributed by atoms with E-state index in [0.717, 1.165) is 5.69 Å². The molecule has 2 N–H and O–H groups in total. The van der Waals surface area contributed by atoms with E-state index < -0.39 is 10.8 Å². The Morgan fingerprint density at radius 3 is 2.48 bits per heavy atom. The molecular formula is C21H24N4O6. The number of nitro groups is 1. The molecule has 2 aromatic carbocycles. The molecule has 1 aliphatic heterocycles. The third kappa shape index (κ3) is 5.21. The van der Waals surface area contributed by atoms with Gasteiger partial charge in [0.15, 0.2) is 11.5 Å². The van der Waals surface area contributed by atoms with Crippen LogP contribution in [0.25, 0.3) is 0 Å². The fourth-order valence-electron chi connectivity index (χ4n) is 3.36. The van der Waals surface area contributed by atoms with Crippen molar-refractivity contribution in [2.75, 3.05) is 44.1 Å². The number of methoxy groups -OCH3 is 2. The van der Waals surface area contributed by atoms with Gasteiger partial charge >= 0.3 is 0 Å². The Hall–Kier alpha value is -3.82. The first-order valence-electron chi connectivity index (χ1n) is 9.71. The normalized spacial score (nSPS) is 15.5. The molecule has 10 nitrogen and oxygen atoms in total. The first-order valence-corrected chi connectivity index (χ1v) is 9.71. The molecular weight excluding hydrogens is 404 g/mol. The maximum absolute atomic E-state index is 12.5. The molecule has 1 fully saturated rings. The molecule has 1 heterocycles. The highest BCUT2D eigenvalue weighted by Gasteiger charge is 2.35. The molecule has 1 unspecified atom stereocenters. The summed E-state index contributed by atoms with van der Waals surface area (Å²) in [6.07, 6.45) is 0.135. The average molecular weight is 428 g/mol. The van der Waals surface area contributed by atoms with Crippen LogP contribution in [-0.4, -0.2) is 50.6 Å². The molecule has 1 atom stereocenters. The van der Waals surface area contributed by atoms with Crippen LogP contribution in [0.15, 0.2) is 42.5 Å². The number of anilines is 2. The van der Waals surface area contributed by atoms with Crippen molar-refractivity contribution < 1.29 is 24.0 Å². The van der Waals surface area contributed by atoms with Gasteiger partial charge < -0.3 is 25.0 Å². The second-order valence-corrected chi connectivity index (χ2v) is 6.97. The van der Waals surface area contributed by atoms with Gasteiger partial charge in [-0.15, -0.1) is 0 Å². The fourth-order valence-corrected chi connectivity index (χ4v) is 3.36. The van der Waals surface area contributed by atoms with Gasteiger partial charge in [-0.25, -0.2) is 0 Å². The summed E-state index contributed by atoms with van der Waals surface area (Å²) >= 11 is 0. The van der Waals surface area contributed by atoms with Crippen molar-refractivity contribution in [3.05, 3.63) is 52.6 Å². The Kier molecular flexibility index (Phi) is 6.91.